The third-order valence-corrected chi connectivity index (χ3v) is 4.33. The summed E-state index contributed by atoms with van der Waals surface area (Å²) in [5.41, 5.74) is 2.12. The van der Waals surface area contributed by atoms with Gasteiger partial charge in [-0.3, -0.25) is 4.68 Å². The second kappa shape index (κ2) is 5.67. The van der Waals surface area contributed by atoms with Gasteiger partial charge in [0.2, 0.25) is 0 Å². The van der Waals surface area contributed by atoms with Gasteiger partial charge in [-0.2, -0.15) is 5.10 Å². The van der Waals surface area contributed by atoms with Crippen molar-refractivity contribution in [1.82, 2.24) is 9.78 Å². The van der Waals surface area contributed by atoms with Crippen LogP contribution in [0.2, 0.25) is 5.15 Å². The summed E-state index contributed by atoms with van der Waals surface area (Å²) in [5.74, 6) is -0.319. The molecule has 4 nitrogen and oxygen atoms in total. The number of benzene rings is 1. The van der Waals surface area contributed by atoms with Crippen LogP contribution in [0.5, 0.6) is 0 Å². The third-order valence-electron chi connectivity index (χ3n) is 2.76. The van der Waals surface area contributed by atoms with E-state index >= 15 is 0 Å². The van der Waals surface area contributed by atoms with Gasteiger partial charge in [-0.05, 0) is 19.1 Å². The molecule has 0 unspecified atom stereocenters. The maximum atomic E-state index is 11.1. The van der Waals surface area contributed by atoms with Gasteiger partial charge in [-0.15, -0.1) is 11.8 Å². The van der Waals surface area contributed by atoms with E-state index in [1.54, 1.807) is 29.9 Å². The Bertz CT molecular complexity index is 625. The first-order chi connectivity index (χ1) is 9.00. The van der Waals surface area contributed by atoms with E-state index in [2.05, 4.69) is 5.10 Å². The topological polar surface area (TPSA) is 55.1 Å². The van der Waals surface area contributed by atoms with Crippen molar-refractivity contribution in [1.29, 1.82) is 0 Å². The summed E-state index contributed by atoms with van der Waals surface area (Å²) in [6.07, 6.45) is 0. The molecule has 0 radical (unpaired) electrons. The smallest absolute Gasteiger partial charge is 0.336 e. The highest BCUT2D eigenvalue weighted by molar-refractivity contribution is 7.98. The van der Waals surface area contributed by atoms with Gasteiger partial charge in [0.15, 0.2) is 0 Å². The molecule has 0 bridgehead atoms. The number of aryl methyl sites for hydroxylation is 2. The van der Waals surface area contributed by atoms with E-state index in [9.17, 15) is 4.79 Å². The average molecular weight is 297 g/mol. The summed E-state index contributed by atoms with van der Waals surface area (Å²) >= 11 is 7.60. The lowest BCUT2D eigenvalue weighted by molar-refractivity contribution is 0.0693. The number of thioether (sulfide) groups is 1. The number of carboxylic acids is 1. The van der Waals surface area contributed by atoms with Crippen molar-refractivity contribution < 1.29 is 9.90 Å². The summed E-state index contributed by atoms with van der Waals surface area (Å²) in [7, 11) is 1.79. The Labute approximate surface area is 120 Å². The van der Waals surface area contributed by atoms with Crippen LogP contribution in [0.3, 0.4) is 0 Å². The van der Waals surface area contributed by atoms with Crippen molar-refractivity contribution in [2.75, 3.05) is 0 Å². The summed E-state index contributed by atoms with van der Waals surface area (Å²) in [6, 6.07) is 6.94. The number of halogens is 1. The Morgan fingerprint density at radius 2 is 2.16 bits per heavy atom. The van der Waals surface area contributed by atoms with Crippen LogP contribution >= 0.6 is 23.4 Å². The molecular weight excluding hydrogens is 284 g/mol. The largest absolute Gasteiger partial charge is 0.478 e. The molecule has 0 saturated heterocycles. The fourth-order valence-electron chi connectivity index (χ4n) is 1.76. The highest BCUT2D eigenvalue weighted by atomic mass is 35.5. The predicted molar refractivity (Wildman–Crippen MR) is 75.9 cm³/mol. The van der Waals surface area contributed by atoms with Gasteiger partial charge in [-0.1, -0.05) is 23.7 Å². The monoisotopic (exact) mass is 296 g/mol. The van der Waals surface area contributed by atoms with Crippen LogP contribution in [0.15, 0.2) is 29.2 Å². The van der Waals surface area contributed by atoms with Crippen molar-refractivity contribution in [2.24, 2.45) is 7.05 Å². The number of aromatic nitrogens is 2. The Balaban J connectivity index is 2.22. The summed E-state index contributed by atoms with van der Waals surface area (Å²) < 4.78 is 1.62. The Kier molecular flexibility index (Phi) is 4.17. The molecule has 2 rings (SSSR count). The van der Waals surface area contributed by atoms with Crippen molar-refractivity contribution in [3.63, 3.8) is 0 Å². The third kappa shape index (κ3) is 2.93. The van der Waals surface area contributed by atoms with Gasteiger partial charge >= 0.3 is 5.97 Å². The van der Waals surface area contributed by atoms with Gasteiger partial charge in [0.25, 0.3) is 0 Å². The normalized spacial score (nSPS) is 10.7. The first kappa shape index (κ1) is 14.0. The van der Waals surface area contributed by atoms with E-state index in [1.807, 2.05) is 13.0 Å². The Morgan fingerprint density at radius 1 is 1.47 bits per heavy atom. The van der Waals surface area contributed by atoms with E-state index in [0.29, 0.717) is 16.5 Å². The molecule has 1 N–H and O–H groups in total. The molecule has 0 amide bonds. The molecule has 0 aliphatic heterocycles. The number of nitrogens with zero attached hydrogens (tertiary/aromatic N) is 2. The van der Waals surface area contributed by atoms with E-state index in [-0.39, 0.29) is 0 Å². The van der Waals surface area contributed by atoms with Gasteiger partial charge in [-0.25, -0.2) is 4.79 Å². The summed E-state index contributed by atoms with van der Waals surface area (Å²) in [6.45, 7) is 1.89. The Hall–Kier alpha value is -1.46. The molecule has 6 heteroatoms. The van der Waals surface area contributed by atoms with E-state index in [0.717, 1.165) is 16.2 Å². The lowest BCUT2D eigenvalue weighted by atomic mass is 10.2. The molecule has 1 heterocycles. The molecule has 0 saturated carbocycles. The fraction of sp³-hybridized carbons (Fsp3) is 0.231. The van der Waals surface area contributed by atoms with Gasteiger partial charge in [0.1, 0.15) is 5.15 Å². The zero-order valence-corrected chi connectivity index (χ0v) is 12.1. The highest BCUT2D eigenvalue weighted by Gasteiger charge is 2.14. The standard InChI is InChI=1S/C13H13ClN2O2S/c1-8-10(12(14)16(2)15-8)7-19-11-6-4-3-5-9(11)13(17)18/h3-6H,7H2,1-2H3,(H,17,18). The van der Waals surface area contributed by atoms with Crippen molar-refractivity contribution >= 4 is 29.3 Å². The van der Waals surface area contributed by atoms with Crippen molar-refractivity contribution in [3.8, 4) is 0 Å². The van der Waals surface area contributed by atoms with Gasteiger partial charge in [0.05, 0.1) is 11.3 Å². The van der Waals surface area contributed by atoms with Crippen LogP contribution in [0, 0.1) is 6.92 Å². The molecule has 19 heavy (non-hydrogen) atoms. The fourth-order valence-corrected chi connectivity index (χ4v) is 3.21. The van der Waals surface area contributed by atoms with Gasteiger partial charge in [0, 0.05) is 23.3 Å². The lowest BCUT2D eigenvalue weighted by Gasteiger charge is -2.05. The first-order valence-corrected chi connectivity index (χ1v) is 7.00. The van der Waals surface area contributed by atoms with Crippen LogP contribution in [0.1, 0.15) is 21.6 Å². The summed E-state index contributed by atoms with van der Waals surface area (Å²) in [5, 5.41) is 14.0. The van der Waals surface area contributed by atoms with Crippen molar-refractivity contribution in [3.05, 3.63) is 46.2 Å². The van der Waals surface area contributed by atoms with Crippen LogP contribution in [0.25, 0.3) is 0 Å². The molecule has 1 aromatic heterocycles. The van der Waals surface area contributed by atoms with Gasteiger partial charge < -0.3 is 5.11 Å². The maximum Gasteiger partial charge on any atom is 0.336 e. The molecule has 0 aliphatic rings. The number of rotatable bonds is 4. The first-order valence-electron chi connectivity index (χ1n) is 5.63. The molecule has 2 aromatic rings. The predicted octanol–water partition coefficient (Wildman–Crippen LogP) is 3.37. The van der Waals surface area contributed by atoms with E-state index < -0.39 is 5.97 Å². The highest BCUT2D eigenvalue weighted by Crippen LogP contribution is 2.30. The zero-order valence-electron chi connectivity index (χ0n) is 10.6. The molecule has 0 spiro atoms. The number of hydrogen-bond acceptors (Lipinski definition) is 3. The lowest BCUT2D eigenvalue weighted by Crippen LogP contribution is -1.98. The number of carbonyl (C=O) groups is 1. The van der Waals surface area contributed by atoms with Crippen LogP contribution < -0.4 is 0 Å². The van der Waals surface area contributed by atoms with Crippen LogP contribution in [-0.4, -0.2) is 20.9 Å². The molecule has 0 aliphatic carbocycles. The Morgan fingerprint density at radius 3 is 2.74 bits per heavy atom. The maximum absolute atomic E-state index is 11.1. The second-order valence-corrected chi connectivity index (χ2v) is 5.44. The number of carboxylic acid groups (broad SMARTS) is 1. The molecule has 0 atom stereocenters. The molecule has 0 fully saturated rings. The molecule has 1 aromatic carbocycles. The zero-order chi connectivity index (χ0) is 14.0. The SMILES string of the molecule is Cc1nn(C)c(Cl)c1CSc1ccccc1C(=O)O. The van der Waals surface area contributed by atoms with E-state index in [4.69, 9.17) is 16.7 Å². The van der Waals surface area contributed by atoms with Crippen LogP contribution in [-0.2, 0) is 12.8 Å². The minimum Gasteiger partial charge on any atom is -0.478 e. The second-order valence-electron chi connectivity index (χ2n) is 4.07. The average Bonchev–Trinajstić information content (AvgIpc) is 2.61. The minimum atomic E-state index is -0.919. The van der Waals surface area contributed by atoms with Crippen molar-refractivity contribution in [2.45, 2.75) is 17.6 Å². The summed E-state index contributed by atoms with van der Waals surface area (Å²) in [4.78, 5) is 11.8. The number of aromatic carboxylic acids is 1. The quantitative estimate of drug-likeness (QED) is 0.879. The number of hydrogen-bond donors (Lipinski definition) is 1. The molecular formula is C13H13ClN2O2S. The van der Waals surface area contributed by atoms with Crippen LogP contribution in [0.4, 0.5) is 0 Å². The van der Waals surface area contributed by atoms with E-state index in [1.165, 1.54) is 11.8 Å². The molecule has 100 valence electrons. The minimum absolute atomic E-state index is 0.310.